The second-order valence-electron chi connectivity index (χ2n) is 7.74. The van der Waals surface area contributed by atoms with Crippen LogP contribution in [0.15, 0.2) is 58.6 Å². The van der Waals surface area contributed by atoms with E-state index in [1.165, 1.54) is 28.7 Å². The van der Waals surface area contributed by atoms with Crippen LogP contribution >= 0.6 is 11.8 Å². The SMILES string of the molecule is O=C(C(Sc1ccc(S(=O)(=O)N2CCCC2)cn1)c1ccccc1)N1CCCCC1. The molecular weight excluding hydrogens is 418 g/mol. The summed E-state index contributed by atoms with van der Waals surface area (Å²) in [6.07, 6.45) is 6.47. The molecule has 3 heterocycles. The van der Waals surface area contributed by atoms with Crippen LogP contribution in [0, 0.1) is 0 Å². The molecule has 0 saturated carbocycles. The predicted molar refractivity (Wildman–Crippen MR) is 118 cm³/mol. The van der Waals surface area contributed by atoms with Crippen LogP contribution in [0.4, 0.5) is 0 Å². The Morgan fingerprint density at radius 1 is 0.900 bits per heavy atom. The summed E-state index contributed by atoms with van der Waals surface area (Å²) in [7, 11) is -3.48. The van der Waals surface area contributed by atoms with Crippen molar-refractivity contribution in [2.24, 2.45) is 0 Å². The molecule has 6 nitrogen and oxygen atoms in total. The number of benzene rings is 1. The first-order valence-corrected chi connectivity index (χ1v) is 12.8. The molecule has 1 atom stereocenters. The van der Waals surface area contributed by atoms with E-state index in [-0.39, 0.29) is 10.8 Å². The molecule has 2 aromatic rings. The fourth-order valence-corrected chi connectivity index (χ4v) is 6.46. The first kappa shape index (κ1) is 21.3. The lowest BCUT2D eigenvalue weighted by Gasteiger charge is -2.30. The lowest BCUT2D eigenvalue weighted by atomic mass is 10.1. The molecule has 30 heavy (non-hydrogen) atoms. The van der Waals surface area contributed by atoms with E-state index in [2.05, 4.69) is 4.98 Å². The van der Waals surface area contributed by atoms with Crippen LogP contribution in [0.1, 0.15) is 42.9 Å². The van der Waals surface area contributed by atoms with Crippen LogP contribution < -0.4 is 0 Å². The molecule has 0 aliphatic carbocycles. The van der Waals surface area contributed by atoms with E-state index in [4.69, 9.17) is 0 Å². The summed E-state index contributed by atoms with van der Waals surface area (Å²) in [6, 6.07) is 13.1. The Morgan fingerprint density at radius 3 is 2.20 bits per heavy atom. The van der Waals surface area contributed by atoms with Crippen molar-refractivity contribution in [3.63, 3.8) is 0 Å². The van der Waals surface area contributed by atoms with Crippen LogP contribution in [0.5, 0.6) is 0 Å². The average molecular weight is 446 g/mol. The van der Waals surface area contributed by atoms with Crippen LogP contribution in [-0.2, 0) is 14.8 Å². The first-order valence-electron chi connectivity index (χ1n) is 10.5. The van der Waals surface area contributed by atoms with Crippen molar-refractivity contribution >= 4 is 27.7 Å². The maximum atomic E-state index is 13.3. The van der Waals surface area contributed by atoms with E-state index < -0.39 is 15.3 Å². The molecule has 1 aromatic heterocycles. The number of hydrogen-bond donors (Lipinski definition) is 0. The number of pyridine rings is 1. The minimum atomic E-state index is -3.48. The number of aromatic nitrogens is 1. The quantitative estimate of drug-likeness (QED) is 0.634. The van der Waals surface area contributed by atoms with Gasteiger partial charge in [0.1, 0.15) is 10.1 Å². The lowest BCUT2D eigenvalue weighted by Crippen LogP contribution is -2.38. The molecule has 1 aromatic carbocycles. The van der Waals surface area contributed by atoms with Crippen molar-refractivity contribution in [3.8, 4) is 0 Å². The van der Waals surface area contributed by atoms with E-state index in [1.807, 2.05) is 35.2 Å². The van der Waals surface area contributed by atoms with Crippen molar-refractivity contribution in [1.82, 2.24) is 14.2 Å². The number of rotatable bonds is 6. The Bertz CT molecular complexity index is 953. The summed E-state index contributed by atoms with van der Waals surface area (Å²) in [5.41, 5.74) is 0.939. The molecule has 2 saturated heterocycles. The predicted octanol–water partition coefficient (Wildman–Crippen LogP) is 3.71. The van der Waals surface area contributed by atoms with Gasteiger partial charge in [0.2, 0.25) is 15.9 Å². The molecule has 160 valence electrons. The average Bonchev–Trinajstić information content (AvgIpc) is 3.35. The highest BCUT2D eigenvalue weighted by atomic mass is 32.2. The van der Waals surface area contributed by atoms with Gasteiger partial charge in [-0.2, -0.15) is 4.31 Å². The Morgan fingerprint density at radius 2 is 1.57 bits per heavy atom. The molecule has 2 aliphatic rings. The number of piperidine rings is 1. The molecule has 1 amide bonds. The van der Waals surface area contributed by atoms with Gasteiger partial charge in [0, 0.05) is 32.4 Å². The molecule has 2 fully saturated rings. The number of hydrogen-bond acceptors (Lipinski definition) is 5. The summed E-state index contributed by atoms with van der Waals surface area (Å²) in [5.74, 6) is 0.0986. The van der Waals surface area contributed by atoms with Gasteiger partial charge in [0.15, 0.2) is 0 Å². The van der Waals surface area contributed by atoms with E-state index in [0.29, 0.717) is 18.1 Å². The summed E-state index contributed by atoms with van der Waals surface area (Å²) in [5, 5.41) is 0.257. The molecule has 0 N–H and O–H groups in total. The summed E-state index contributed by atoms with van der Waals surface area (Å²) in [6.45, 7) is 2.73. The molecule has 0 radical (unpaired) electrons. The molecular formula is C22H27N3O3S2. The summed E-state index contributed by atoms with van der Waals surface area (Å²) >= 11 is 1.38. The van der Waals surface area contributed by atoms with Gasteiger partial charge < -0.3 is 4.90 Å². The third kappa shape index (κ3) is 4.71. The summed E-state index contributed by atoms with van der Waals surface area (Å²) in [4.78, 5) is 19.8. The molecule has 1 unspecified atom stereocenters. The zero-order valence-corrected chi connectivity index (χ0v) is 18.6. The number of carbonyl (C=O) groups excluding carboxylic acids is 1. The normalized spacial score (nSPS) is 19.0. The van der Waals surface area contributed by atoms with Crippen molar-refractivity contribution in [3.05, 3.63) is 54.2 Å². The number of nitrogens with zero attached hydrogens (tertiary/aromatic N) is 3. The van der Waals surface area contributed by atoms with Gasteiger partial charge in [0.25, 0.3) is 0 Å². The minimum absolute atomic E-state index is 0.0986. The first-order chi connectivity index (χ1) is 14.6. The molecule has 8 heteroatoms. The largest absolute Gasteiger partial charge is 0.341 e. The Hall–Kier alpha value is -1.90. The van der Waals surface area contributed by atoms with Gasteiger partial charge in [-0.25, -0.2) is 13.4 Å². The standard InChI is InChI=1S/C22H27N3O3S2/c26-22(24-13-5-2-6-14-24)21(18-9-3-1-4-10-18)29-20-12-11-19(17-23-20)30(27,28)25-15-7-8-16-25/h1,3-4,9-12,17,21H,2,5-8,13-16H2. The highest BCUT2D eigenvalue weighted by Gasteiger charge is 2.30. The van der Waals surface area contributed by atoms with Gasteiger partial charge in [-0.05, 0) is 49.8 Å². The highest BCUT2D eigenvalue weighted by molar-refractivity contribution is 8.00. The fraction of sp³-hybridized carbons (Fsp3) is 0.455. The zero-order valence-electron chi connectivity index (χ0n) is 16.9. The van der Waals surface area contributed by atoms with Crippen molar-refractivity contribution in [1.29, 1.82) is 0 Å². The zero-order chi connectivity index (χ0) is 21.0. The van der Waals surface area contributed by atoms with Crippen LogP contribution in [0.2, 0.25) is 0 Å². The third-order valence-electron chi connectivity index (χ3n) is 5.64. The monoisotopic (exact) mass is 445 g/mol. The number of carbonyl (C=O) groups is 1. The van der Waals surface area contributed by atoms with E-state index in [1.54, 1.807) is 12.1 Å². The molecule has 4 rings (SSSR count). The van der Waals surface area contributed by atoms with Crippen LogP contribution in [0.25, 0.3) is 0 Å². The van der Waals surface area contributed by atoms with Crippen molar-refractivity contribution in [2.75, 3.05) is 26.2 Å². The smallest absolute Gasteiger partial charge is 0.244 e. The van der Waals surface area contributed by atoms with E-state index >= 15 is 0 Å². The Labute approximate surface area is 182 Å². The highest BCUT2D eigenvalue weighted by Crippen LogP contribution is 2.36. The van der Waals surface area contributed by atoms with Gasteiger partial charge in [-0.3, -0.25) is 4.79 Å². The van der Waals surface area contributed by atoms with Crippen molar-refractivity contribution in [2.45, 2.75) is 47.3 Å². The lowest BCUT2D eigenvalue weighted by molar-refractivity contribution is -0.131. The second kappa shape index (κ2) is 9.49. The van der Waals surface area contributed by atoms with Crippen LogP contribution in [0.3, 0.4) is 0 Å². The van der Waals surface area contributed by atoms with Gasteiger partial charge in [0.05, 0.1) is 5.03 Å². The Kier molecular flexibility index (Phi) is 6.75. The topological polar surface area (TPSA) is 70.6 Å². The van der Waals surface area contributed by atoms with Crippen molar-refractivity contribution < 1.29 is 13.2 Å². The van der Waals surface area contributed by atoms with E-state index in [9.17, 15) is 13.2 Å². The minimum Gasteiger partial charge on any atom is -0.341 e. The maximum Gasteiger partial charge on any atom is 0.244 e. The number of sulfonamides is 1. The molecule has 0 spiro atoms. The third-order valence-corrected chi connectivity index (χ3v) is 8.72. The fourth-order valence-electron chi connectivity index (χ4n) is 3.96. The maximum absolute atomic E-state index is 13.3. The second-order valence-corrected chi connectivity index (χ2v) is 10.8. The molecule has 2 aliphatic heterocycles. The van der Waals surface area contributed by atoms with Gasteiger partial charge in [-0.1, -0.05) is 42.1 Å². The number of amides is 1. The number of thioether (sulfide) groups is 1. The van der Waals surface area contributed by atoms with E-state index in [0.717, 1.165) is 44.3 Å². The van der Waals surface area contributed by atoms with Gasteiger partial charge in [-0.15, -0.1) is 0 Å². The van der Waals surface area contributed by atoms with Gasteiger partial charge >= 0.3 is 0 Å². The van der Waals surface area contributed by atoms with Crippen LogP contribution in [-0.4, -0.2) is 54.7 Å². The molecule has 0 bridgehead atoms. The Balaban J connectivity index is 1.54. The number of likely N-dealkylation sites (tertiary alicyclic amines) is 1. The summed E-state index contributed by atoms with van der Waals surface area (Å²) < 4.78 is 27.0.